The summed E-state index contributed by atoms with van der Waals surface area (Å²) in [4.78, 5) is 0. The van der Waals surface area contributed by atoms with E-state index in [2.05, 4.69) is 12.2 Å². The minimum Gasteiger partial charge on any atom is -0.397 e. The van der Waals surface area contributed by atoms with E-state index in [0.717, 1.165) is 48.5 Å². The van der Waals surface area contributed by atoms with Crippen LogP contribution in [0.2, 0.25) is 0 Å². The molecule has 0 radical (unpaired) electrons. The minimum absolute atomic E-state index is 0.567. The first-order valence-electron chi connectivity index (χ1n) is 6.81. The lowest BCUT2D eigenvalue weighted by Crippen LogP contribution is -2.40. The van der Waals surface area contributed by atoms with E-state index in [1.807, 2.05) is 25.1 Å². The number of para-hydroxylation sites is 1. The van der Waals surface area contributed by atoms with E-state index in [9.17, 15) is 5.11 Å². The Bertz CT molecular complexity index is 409. The largest absolute Gasteiger partial charge is 0.397 e. The predicted molar refractivity (Wildman–Crippen MR) is 76.7 cm³/mol. The number of rotatable bonds is 3. The predicted octanol–water partition coefficient (Wildman–Crippen LogP) is 2.93. The molecule has 3 nitrogen and oxygen atoms in total. The van der Waals surface area contributed by atoms with Gasteiger partial charge in [-0.25, -0.2) is 0 Å². The summed E-state index contributed by atoms with van der Waals surface area (Å²) in [6.45, 7) is 4.84. The molecular weight excluding hydrogens is 224 g/mol. The van der Waals surface area contributed by atoms with E-state index in [1.54, 1.807) is 0 Å². The number of nitrogens with one attached hydrogen (secondary N) is 1. The molecule has 1 aliphatic carbocycles. The van der Waals surface area contributed by atoms with E-state index in [0.29, 0.717) is 6.54 Å². The van der Waals surface area contributed by atoms with Gasteiger partial charge in [-0.15, -0.1) is 0 Å². The Morgan fingerprint density at radius 3 is 2.72 bits per heavy atom. The lowest BCUT2D eigenvalue weighted by molar-refractivity contribution is 0.00502. The van der Waals surface area contributed by atoms with Crippen LogP contribution >= 0.6 is 0 Å². The molecule has 0 heterocycles. The van der Waals surface area contributed by atoms with Gasteiger partial charge in [0.25, 0.3) is 0 Å². The number of benzene rings is 1. The second kappa shape index (κ2) is 5.19. The van der Waals surface area contributed by atoms with Crippen LogP contribution in [0.25, 0.3) is 0 Å². The van der Waals surface area contributed by atoms with E-state index in [-0.39, 0.29) is 0 Å². The second-order valence-electron chi connectivity index (χ2n) is 5.80. The summed E-state index contributed by atoms with van der Waals surface area (Å²) in [5.41, 5.74) is 8.24. The third-order valence-electron chi connectivity index (χ3n) is 4.14. The summed E-state index contributed by atoms with van der Waals surface area (Å²) in [7, 11) is 0. The molecule has 1 aromatic carbocycles. The minimum atomic E-state index is -0.567. The summed E-state index contributed by atoms with van der Waals surface area (Å²) < 4.78 is 0. The maximum Gasteiger partial charge on any atom is 0.0819 e. The summed E-state index contributed by atoms with van der Waals surface area (Å²) in [6.07, 6.45) is 3.99. The average Bonchev–Trinajstić information content (AvgIpc) is 2.35. The first kappa shape index (κ1) is 13.2. The van der Waals surface area contributed by atoms with Crippen molar-refractivity contribution in [2.24, 2.45) is 5.92 Å². The highest BCUT2D eigenvalue weighted by molar-refractivity contribution is 5.69. The fourth-order valence-corrected chi connectivity index (χ4v) is 2.57. The quantitative estimate of drug-likeness (QED) is 0.721. The highest BCUT2D eigenvalue weighted by Gasteiger charge is 2.31. The van der Waals surface area contributed by atoms with Crippen molar-refractivity contribution in [3.63, 3.8) is 0 Å². The summed E-state index contributed by atoms with van der Waals surface area (Å²) in [6, 6.07) is 5.95. The molecular formula is C15H24N2O. The zero-order chi connectivity index (χ0) is 13.2. The molecule has 0 aromatic heterocycles. The number of aliphatic hydroxyl groups is 1. The van der Waals surface area contributed by atoms with Gasteiger partial charge in [0, 0.05) is 6.54 Å². The molecule has 1 aliphatic rings. The standard InChI is InChI=1S/C15H24N2O/c1-11-6-8-15(18,9-7-11)10-17-13-5-3-4-12(2)14(13)16/h3-5,11,17-18H,6-10,16H2,1-2H3. The summed E-state index contributed by atoms with van der Waals surface area (Å²) in [5.74, 6) is 0.745. The van der Waals surface area contributed by atoms with Gasteiger partial charge >= 0.3 is 0 Å². The van der Waals surface area contributed by atoms with Crippen LogP contribution in [-0.2, 0) is 0 Å². The highest BCUT2D eigenvalue weighted by atomic mass is 16.3. The van der Waals surface area contributed by atoms with E-state index >= 15 is 0 Å². The van der Waals surface area contributed by atoms with Crippen molar-refractivity contribution in [3.05, 3.63) is 23.8 Å². The number of anilines is 2. The van der Waals surface area contributed by atoms with Gasteiger partial charge in [0.05, 0.1) is 17.0 Å². The van der Waals surface area contributed by atoms with E-state index < -0.39 is 5.60 Å². The molecule has 0 aliphatic heterocycles. The van der Waals surface area contributed by atoms with Crippen LogP contribution in [0, 0.1) is 12.8 Å². The summed E-state index contributed by atoms with van der Waals surface area (Å²) >= 11 is 0. The molecule has 18 heavy (non-hydrogen) atoms. The Balaban J connectivity index is 1.97. The van der Waals surface area contributed by atoms with Gasteiger partial charge in [-0.2, -0.15) is 0 Å². The number of nitrogen functional groups attached to an aromatic ring is 1. The monoisotopic (exact) mass is 248 g/mol. The van der Waals surface area contributed by atoms with Crippen LogP contribution in [0.5, 0.6) is 0 Å². The topological polar surface area (TPSA) is 58.3 Å². The molecule has 0 spiro atoms. The first-order chi connectivity index (χ1) is 8.50. The molecule has 0 saturated heterocycles. The maximum atomic E-state index is 10.5. The average molecular weight is 248 g/mol. The fourth-order valence-electron chi connectivity index (χ4n) is 2.57. The van der Waals surface area contributed by atoms with Gasteiger partial charge < -0.3 is 16.2 Å². The van der Waals surface area contributed by atoms with Gasteiger partial charge in [0.1, 0.15) is 0 Å². The van der Waals surface area contributed by atoms with E-state index in [4.69, 9.17) is 5.73 Å². The Kier molecular flexibility index (Phi) is 3.81. The molecule has 1 saturated carbocycles. The maximum absolute atomic E-state index is 10.5. The zero-order valence-electron chi connectivity index (χ0n) is 11.4. The van der Waals surface area contributed by atoms with Gasteiger partial charge in [-0.1, -0.05) is 19.1 Å². The number of aryl methyl sites for hydroxylation is 1. The van der Waals surface area contributed by atoms with Crippen molar-refractivity contribution in [3.8, 4) is 0 Å². The summed E-state index contributed by atoms with van der Waals surface area (Å²) in [5, 5.41) is 13.8. The van der Waals surface area contributed by atoms with Crippen molar-refractivity contribution >= 4 is 11.4 Å². The molecule has 4 N–H and O–H groups in total. The lowest BCUT2D eigenvalue weighted by Gasteiger charge is -2.35. The van der Waals surface area contributed by atoms with Crippen LogP contribution in [0.4, 0.5) is 11.4 Å². The molecule has 100 valence electrons. The normalized spacial score (nSPS) is 28.1. The molecule has 0 unspecified atom stereocenters. The van der Waals surface area contributed by atoms with Crippen LogP contribution in [-0.4, -0.2) is 17.3 Å². The molecule has 0 bridgehead atoms. The first-order valence-corrected chi connectivity index (χ1v) is 6.81. The van der Waals surface area contributed by atoms with Gasteiger partial charge in [0.15, 0.2) is 0 Å². The molecule has 0 atom stereocenters. The zero-order valence-corrected chi connectivity index (χ0v) is 11.4. The molecule has 1 aromatic rings. The van der Waals surface area contributed by atoms with Crippen molar-refractivity contribution in [2.45, 2.75) is 45.1 Å². The molecule has 3 heteroatoms. The third kappa shape index (κ3) is 2.96. The molecule has 1 fully saturated rings. The highest BCUT2D eigenvalue weighted by Crippen LogP contribution is 2.32. The lowest BCUT2D eigenvalue weighted by atomic mass is 9.79. The van der Waals surface area contributed by atoms with Crippen molar-refractivity contribution in [1.29, 1.82) is 0 Å². The van der Waals surface area contributed by atoms with Gasteiger partial charge in [0.2, 0.25) is 0 Å². The van der Waals surface area contributed by atoms with Gasteiger partial charge in [-0.05, 0) is 50.2 Å². The van der Waals surface area contributed by atoms with E-state index in [1.165, 1.54) is 0 Å². The Morgan fingerprint density at radius 1 is 1.39 bits per heavy atom. The van der Waals surface area contributed by atoms with Crippen molar-refractivity contribution in [2.75, 3.05) is 17.6 Å². The number of hydrogen-bond donors (Lipinski definition) is 3. The molecule has 2 rings (SSSR count). The van der Waals surface area contributed by atoms with Crippen LogP contribution in [0.1, 0.15) is 38.2 Å². The van der Waals surface area contributed by atoms with Crippen LogP contribution in [0.15, 0.2) is 18.2 Å². The van der Waals surface area contributed by atoms with Crippen molar-refractivity contribution in [1.82, 2.24) is 0 Å². The van der Waals surface area contributed by atoms with Crippen LogP contribution < -0.4 is 11.1 Å². The SMILES string of the molecule is Cc1cccc(NCC2(O)CCC(C)CC2)c1N. The second-order valence-corrected chi connectivity index (χ2v) is 5.80. The number of nitrogens with two attached hydrogens (primary N) is 1. The van der Waals surface area contributed by atoms with Crippen LogP contribution in [0.3, 0.4) is 0 Å². The number of hydrogen-bond acceptors (Lipinski definition) is 3. The Hall–Kier alpha value is -1.22. The third-order valence-corrected chi connectivity index (χ3v) is 4.14. The Morgan fingerprint density at radius 2 is 2.06 bits per heavy atom. The Labute approximate surface area is 109 Å². The smallest absolute Gasteiger partial charge is 0.0819 e. The van der Waals surface area contributed by atoms with Gasteiger partial charge in [-0.3, -0.25) is 0 Å². The molecule has 0 amide bonds. The fraction of sp³-hybridized carbons (Fsp3) is 0.600. The van der Waals surface area contributed by atoms with Crippen molar-refractivity contribution < 1.29 is 5.11 Å².